The molecular weight excluding hydrogens is 402 g/mol. The van der Waals surface area contributed by atoms with Crippen molar-refractivity contribution in [3.63, 3.8) is 0 Å². The molecule has 4 rings (SSSR count). The monoisotopic (exact) mass is 433 g/mol. The number of fused-ring (bicyclic) bond motifs is 3. The molecule has 0 saturated carbocycles. The smallest absolute Gasteiger partial charge is 0.263 e. The van der Waals surface area contributed by atoms with E-state index in [-0.39, 0.29) is 11.5 Å². The SMILES string of the molecule is CCC1CCCCN1C(=O)CSc1nc2sc3c(c2c(=O)n1CC)CCC(C)C3. The average Bonchev–Trinajstić information content (AvgIpc) is 3.09. The Morgan fingerprint density at radius 2 is 2.10 bits per heavy atom. The van der Waals surface area contributed by atoms with Crippen molar-refractivity contribution >= 4 is 39.2 Å². The lowest BCUT2D eigenvalue weighted by molar-refractivity contribution is -0.132. The molecule has 158 valence electrons. The lowest BCUT2D eigenvalue weighted by Gasteiger charge is -2.35. The second kappa shape index (κ2) is 8.80. The quantitative estimate of drug-likeness (QED) is 0.515. The van der Waals surface area contributed by atoms with Gasteiger partial charge in [0.25, 0.3) is 5.56 Å². The highest BCUT2D eigenvalue weighted by molar-refractivity contribution is 7.99. The molecular formula is C22H31N3O2S2. The van der Waals surface area contributed by atoms with Crippen molar-refractivity contribution in [2.75, 3.05) is 12.3 Å². The number of thioether (sulfide) groups is 1. The van der Waals surface area contributed by atoms with Crippen LogP contribution >= 0.6 is 23.1 Å². The molecule has 1 fully saturated rings. The zero-order valence-corrected chi connectivity index (χ0v) is 19.3. The van der Waals surface area contributed by atoms with Crippen LogP contribution in [0.15, 0.2) is 9.95 Å². The standard InChI is InChI=1S/C22H31N3O2S2/c1-4-15-8-6-7-11-25(15)18(26)13-28-22-23-20-19(21(27)24(22)5-2)16-10-9-14(3)12-17(16)29-20/h14-15H,4-13H2,1-3H3. The van der Waals surface area contributed by atoms with E-state index in [0.29, 0.717) is 29.4 Å². The number of amides is 1. The number of thiophene rings is 1. The first-order valence-corrected chi connectivity index (χ1v) is 12.8. The molecule has 1 aliphatic carbocycles. The van der Waals surface area contributed by atoms with Crippen LogP contribution < -0.4 is 5.56 Å². The second-order valence-corrected chi connectivity index (χ2v) is 10.4. The Balaban J connectivity index is 1.60. The predicted molar refractivity (Wildman–Crippen MR) is 121 cm³/mol. The molecule has 5 nitrogen and oxygen atoms in total. The fraction of sp³-hybridized carbons (Fsp3) is 0.682. The van der Waals surface area contributed by atoms with E-state index in [1.165, 1.54) is 28.6 Å². The lowest BCUT2D eigenvalue weighted by Crippen LogP contribution is -2.44. The third-order valence-corrected chi connectivity index (χ3v) is 8.55. The zero-order valence-electron chi connectivity index (χ0n) is 17.7. The molecule has 2 aromatic heterocycles. The van der Waals surface area contributed by atoms with Crippen LogP contribution in [0.3, 0.4) is 0 Å². The summed E-state index contributed by atoms with van der Waals surface area (Å²) in [5.41, 5.74) is 1.30. The number of carbonyl (C=O) groups is 1. The van der Waals surface area contributed by atoms with Gasteiger partial charge in [-0.25, -0.2) is 4.98 Å². The highest BCUT2D eigenvalue weighted by Gasteiger charge is 2.27. The van der Waals surface area contributed by atoms with Crippen molar-refractivity contribution in [3.05, 3.63) is 20.8 Å². The van der Waals surface area contributed by atoms with Crippen LogP contribution in [0.1, 0.15) is 63.3 Å². The van der Waals surface area contributed by atoms with Crippen molar-refractivity contribution in [2.24, 2.45) is 5.92 Å². The van der Waals surface area contributed by atoms with E-state index in [9.17, 15) is 9.59 Å². The number of hydrogen-bond donors (Lipinski definition) is 0. The van der Waals surface area contributed by atoms with Gasteiger partial charge >= 0.3 is 0 Å². The maximum absolute atomic E-state index is 13.3. The summed E-state index contributed by atoms with van der Waals surface area (Å²) in [4.78, 5) is 35.3. The summed E-state index contributed by atoms with van der Waals surface area (Å²) in [6.45, 7) is 7.87. The van der Waals surface area contributed by atoms with Gasteiger partial charge in [-0.05, 0) is 63.4 Å². The summed E-state index contributed by atoms with van der Waals surface area (Å²) in [6.07, 6.45) is 7.60. The Hall–Kier alpha value is -1.34. The number of hydrogen-bond acceptors (Lipinski definition) is 5. The first-order chi connectivity index (χ1) is 14.0. The molecule has 2 aromatic rings. The summed E-state index contributed by atoms with van der Waals surface area (Å²) >= 11 is 3.11. The Morgan fingerprint density at radius 3 is 2.86 bits per heavy atom. The van der Waals surface area contributed by atoms with Crippen LogP contribution in [-0.2, 0) is 24.2 Å². The van der Waals surface area contributed by atoms with Gasteiger partial charge in [0.1, 0.15) is 4.83 Å². The van der Waals surface area contributed by atoms with Crippen LogP contribution in [0.4, 0.5) is 0 Å². The number of rotatable bonds is 5. The third-order valence-electron chi connectivity index (χ3n) is 6.44. The Labute approximate surface area is 180 Å². The van der Waals surface area contributed by atoms with Gasteiger partial charge in [-0.15, -0.1) is 11.3 Å². The molecule has 3 heterocycles. The Kier molecular flexibility index (Phi) is 6.35. The van der Waals surface area contributed by atoms with Crippen molar-refractivity contribution in [1.29, 1.82) is 0 Å². The molecule has 0 N–H and O–H groups in total. The Morgan fingerprint density at radius 1 is 1.28 bits per heavy atom. The largest absolute Gasteiger partial charge is 0.339 e. The van der Waals surface area contributed by atoms with Gasteiger partial charge < -0.3 is 4.90 Å². The van der Waals surface area contributed by atoms with Crippen LogP contribution in [0.2, 0.25) is 0 Å². The first kappa shape index (κ1) is 20.9. The number of likely N-dealkylation sites (tertiary alicyclic amines) is 1. The van der Waals surface area contributed by atoms with Gasteiger partial charge in [-0.3, -0.25) is 14.2 Å². The highest BCUT2D eigenvalue weighted by Crippen LogP contribution is 2.36. The number of aromatic nitrogens is 2. The van der Waals surface area contributed by atoms with E-state index in [1.807, 2.05) is 6.92 Å². The topological polar surface area (TPSA) is 55.2 Å². The van der Waals surface area contributed by atoms with Crippen LogP contribution in [-0.4, -0.2) is 38.7 Å². The van der Waals surface area contributed by atoms with E-state index in [4.69, 9.17) is 4.98 Å². The summed E-state index contributed by atoms with van der Waals surface area (Å²) < 4.78 is 1.76. The molecule has 1 amide bonds. The molecule has 7 heteroatoms. The minimum absolute atomic E-state index is 0.0731. The minimum atomic E-state index is 0.0731. The molecule has 1 saturated heterocycles. The first-order valence-electron chi connectivity index (χ1n) is 11.0. The normalized spacial score (nSPS) is 22.1. The summed E-state index contributed by atoms with van der Waals surface area (Å²) in [5, 5.41) is 1.52. The number of aryl methyl sites for hydroxylation is 1. The zero-order chi connectivity index (χ0) is 20.5. The number of piperidine rings is 1. The lowest BCUT2D eigenvalue weighted by atomic mass is 9.89. The molecule has 0 spiro atoms. The average molecular weight is 434 g/mol. The summed E-state index contributed by atoms with van der Waals surface area (Å²) in [5.74, 6) is 1.21. The van der Waals surface area contributed by atoms with E-state index in [2.05, 4.69) is 18.7 Å². The van der Waals surface area contributed by atoms with E-state index >= 15 is 0 Å². The number of nitrogens with zero attached hydrogens (tertiary/aromatic N) is 3. The predicted octanol–water partition coefficient (Wildman–Crippen LogP) is 4.49. The highest BCUT2D eigenvalue weighted by atomic mass is 32.2. The van der Waals surface area contributed by atoms with Gasteiger partial charge in [0.15, 0.2) is 5.16 Å². The van der Waals surface area contributed by atoms with Gasteiger partial charge in [-0.2, -0.15) is 0 Å². The third kappa shape index (κ3) is 4.00. The van der Waals surface area contributed by atoms with Crippen molar-refractivity contribution in [3.8, 4) is 0 Å². The van der Waals surface area contributed by atoms with E-state index in [1.54, 1.807) is 15.9 Å². The van der Waals surface area contributed by atoms with Gasteiger partial charge in [-0.1, -0.05) is 25.6 Å². The molecule has 29 heavy (non-hydrogen) atoms. The molecule has 0 bridgehead atoms. The fourth-order valence-corrected chi connectivity index (χ4v) is 7.13. The minimum Gasteiger partial charge on any atom is -0.339 e. The molecule has 0 aromatic carbocycles. The Bertz CT molecular complexity index is 965. The molecule has 2 atom stereocenters. The second-order valence-electron chi connectivity index (χ2n) is 8.41. The van der Waals surface area contributed by atoms with E-state index < -0.39 is 0 Å². The molecule has 2 aliphatic rings. The molecule has 1 aliphatic heterocycles. The molecule has 2 unspecified atom stereocenters. The molecule has 0 radical (unpaired) electrons. The van der Waals surface area contributed by atoms with Crippen molar-refractivity contribution in [1.82, 2.24) is 14.5 Å². The van der Waals surface area contributed by atoms with E-state index in [0.717, 1.165) is 55.3 Å². The van der Waals surface area contributed by atoms with Crippen LogP contribution in [0, 0.1) is 5.92 Å². The van der Waals surface area contributed by atoms with Crippen molar-refractivity contribution < 1.29 is 4.79 Å². The van der Waals surface area contributed by atoms with Crippen LogP contribution in [0.5, 0.6) is 0 Å². The summed E-state index contributed by atoms with van der Waals surface area (Å²) in [7, 11) is 0. The van der Waals surface area contributed by atoms with Gasteiger partial charge in [0.2, 0.25) is 5.91 Å². The number of carbonyl (C=O) groups excluding carboxylic acids is 1. The maximum Gasteiger partial charge on any atom is 0.263 e. The van der Waals surface area contributed by atoms with Gasteiger partial charge in [0, 0.05) is 24.0 Å². The maximum atomic E-state index is 13.3. The summed E-state index contributed by atoms with van der Waals surface area (Å²) in [6, 6.07) is 0.367. The van der Waals surface area contributed by atoms with Crippen LogP contribution in [0.25, 0.3) is 10.2 Å². The fourth-order valence-electron chi connectivity index (χ4n) is 4.76. The van der Waals surface area contributed by atoms with Crippen molar-refractivity contribution in [2.45, 2.75) is 83.5 Å². The van der Waals surface area contributed by atoms with Gasteiger partial charge in [0.05, 0.1) is 11.1 Å².